The van der Waals surface area contributed by atoms with Crippen LogP contribution >= 0.6 is 0 Å². The summed E-state index contributed by atoms with van der Waals surface area (Å²) < 4.78 is 20.4. The van der Waals surface area contributed by atoms with Gasteiger partial charge in [-0.15, -0.1) is 0 Å². The first-order valence-corrected chi connectivity index (χ1v) is 12.1. The molecule has 180 valence electrons. The summed E-state index contributed by atoms with van der Waals surface area (Å²) in [5.41, 5.74) is 0.354. The fraction of sp³-hybridized carbons (Fsp3) is 0.481. The minimum atomic E-state index is -0.661. The molecule has 3 fully saturated rings. The fourth-order valence-electron chi connectivity index (χ4n) is 5.70. The summed E-state index contributed by atoms with van der Waals surface area (Å²) in [6, 6.07) is 16.6. The van der Waals surface area contributed by atoms with Crippen molar-refractivity contribution in [1.29, 1.82) is 0 Å². The molecule has 3 heterocycles. The van der Waals surface area contributed by atoms with E-state index in [-0.39, 0.29) is 17.8 Å². The van der Waals surface area contributed by atoms with Crippen LogP contribution < -0.4 is 0 Å². The van der Waals surface area contributed by atoms with Crippen molar-refractivity contribution in [3.8, 4) is 0 Å². The molecule has 1 unspecified atom stereocenters. The number of hydrogen-bond donors (Lipinski definition) is 0. The van der Waals surface area contributed by atoms with Gasteiger partial charge >= 0.3 is 6.09 Å². The predicted octanol–water partition coefficient (Wildman–Crippen LogP) is 3.70. The molecule has 0 saturated carbocycles. The zero-order valence-corrected chi connectivity index (χ0v) is 19.7. The van der Waals surface area contributed by atoms with Gasteiger partial charge in [0.1, 0.15) is 5.82 Å². The van der Waals surface area contributed by atoms with Crippen molar-refractivity contribution >= 4 is 12.0 Å². The highest BCUT2D eigenvalue weighted by Gasteiger charge is 2.53. The number of amides is 2. The molecule has 2 aromatic rings. The number of halogens is 1. The molecule has 1 spiro atoms. The van der Waals surface area contributed by atoms with E-state index in [9.17, 15) is 14.0 Å². The Morgan fingerprint density at radius 2 is 1.68 bits per heavy atom. The van der Waals surface area contributed by atoms with Crippen LogP contribution in [0, 0.1) is 11.2 Å². The molecular formula is C27H32FN3O3. The van der Waals surface area contributed by atoms with Gasteiger partial charge in [-0.2, -0.15) is 0 Å². The van der Waals surface area contributed by atoms with Crippen LogP contribution in [-0.2, 0) is 22.5 Å². The molecule has 0 N–H and O–H groups in total. The summed E-state index contributed by atoms with van der Waals surface area (Å²) in [4.78, 5) is 32.4. The van der Waals surface area contributed by atoms with E-state index in [1.807, 2.05) is 41.3 Å². The number of piperidine rings is 1. The molecule has 3 aliphatic heterocycles. The van der Waals surface area contributed by atoms with Crippen LogP contribution in [0.15, 0.2) is 54.6 Å². The minimum absolute atomic E-state index is 0.0679. The quantitative estimate of drug-likeness (QED) is 0.676. The first-order valence-electron chi connectivity index (χ1n) is 12.1. The maximum atomic E-state index is 14.5. The monoisotopic (exact) mass is 465 g/mol. The van der Waals surface area contributed by atoms with Crippen molar-refractivity contribution in [2.24, 2.45) is 5.41 Å². The number of nitrogens with zero attached hydrogens (tertiary/aromatic N) is 3. The number of hydrogen-bond acceptors (Lipinski definition) is 4. The van der Waals surface area contributed by atoms with E-state index >= 15 is 0 Å². The largest absolute Gasteiger partial charge is 0.439 e. The Labute approximate surface area is 200 Å². The summed E-state index contributed by atoms with van der Waals surface area (Å²) in [5, 5.41) is 0. The van der Waals surface area contributed by atoms with Crippen LogP contribution in [0.5, 0.6) is 0 Å². The lowest BCUT2D eigenvalue weighted by Gasteiger charge is -2.42. The van der Waals surface area contributed by atoms with Crippen molar-refractivity contribution in [2.75, 3.05) is 39.8 Å². The van der Waals surface area contributed by atoms with E-state index in [0.29, 0.717) is 57.4 Å². The van der Waals surface area contributed by atoms with Gasteiger partial charge in [-0.3, -0.25) is 9.69 Å². The second-order valence-corrected chi connectivity index (χ2v) is 10.2. The summed E-state index contributed by atoms with van der Waals surface area (Å²) in [7, 11) is 2.06. The number of likely N-dealkylation sites (tertiary alicyclic amines) is 2. The molecule has 0 aromatic heterocycles. The number of benzene rings is 2. The van der Waals surface area contributed by atoms with Crippen LogP contribution in [0.25, 0.3) is 0 Å². The molecule has 3 aliphatic rings. The molecule has 0 aliphatic carbocycles. The molecular weight excluding hydrogens is 433 g/mol. The molecule has 7 heteroatoms. The van der Waals surface area contributed by atoms with E-state index in [1.54, 1.807) is 17.0 Å². The lowest BCUT2D eigenvalue weighted by atomic mass is 9.72. The maximum Gasteiger partial charge on any atom is 0.410 e. The third kappa shape index (κ3) is 4.41. The molecule has 34 heavy (non-hydrogen) atoms. The van der Waals surface area contributed by atoms with E-state index in [0.717, 1.165) is 18.7 Å². The number of ether oxygens (including phenoxy) is 1. The van der Waals surface area contributed by atoms with Gasteiger partial charge in [-0.05, 0) is 56.6 Å². The first kappa shape index (κ1) is 22.8. The van der Waals surface area contributed by atoms with Crippen LogP contribution in [0.1, 0.15) is 30.4 Å². The second kappa shape index (κ2) is 9.02. The lowest BCUT2D eigenvalue weighted by Crippen LogP contribution is -2.51. The van der Waals surface area contributed by atoms with E-state index in [4.69, 9.17) is 4.74 Å². The highest BCUT2D eigenvalue weighted by atomic mass is 19.1. The molecule has 0 bridgehead atoms. The highest BCUT2D eigenvalue weighted by molar-refractivity contribution is 5.84. The predicted molar refractivity (Wildman–Crippen MR) is 127 cm³/mol. The molecule has 0 radical (unpaired) electrons. The number of carbonyl (C=O) groups excluding carboxylic acids is 2. The third-order valence-corrected chi connectivity index (χ3v) is 7.75. The van der Waals surface area contributed by atoms with E-state index in [2.05, 4.69) is 11.9 Å². The molecule has 3 saturated heterocycles. The Morgan fingerprint density at radius 3 is 2.41 bits per heavy atom. The van der Waals surface area contributed by atoms with Crippen LogP contribution in [0.2, 0.25) is 0 Å². The summed E-state index contributed by atoms with van der Waals surface area (Å²) in [6.45, 7) is 3.54. The average Bonchev–Trinajstić information content (AvgIpc) is 3.39. The summed E-state index contributed by atoms with van der Waals surface area (Å²) in [5.74, 6) is -0.189. The summed E-state index contributed by atoms with van der Waals surface area (Å²) >= 11 is 0. The van der Waals surface area contributed by atoms with Gasteiger partial charge in [0.2, 0.25) is 5.91 Å². The van der Waals surface area contributed by atoms with E-state index in [1.165, 1.54) is 6.07 Å². The van der Waals surface area contributed by atoms with Crippen molar-refractivity contribution in [2.45, 2.75) is 37.8 Å². The van der Waals surface area contributed by atoms with Gasteiger partial charge in [-0.25, -0.2) is 9.18 Å². The van der Waals surface area contributed by atoms with Gasteiger partial charge < -0.3 is 14.5 Å². The zero-order chi connectivity index (χ0) is 23.8. The van der Waals surface area contributed by atoms with Gasteiger partial charge in [0.25, 0.3) is 0 Å². The molecule has 5 rings (SSSR count). The van der Waals surface area contributed by atoms with Gasteiger partial charge in [-0.1, -0.05) is 48.5 Å². The first-order chi connectivity index (χ1) is 16.4. The average molecular weight is 466 g/mol. The normalized spacial score (nSPS) is 24.6. The molecule has 2 aromatic carbocycles. The topological polar surface area (TPSA) is 53.1 Å². The van der Waals surface area contributed by atoms with E-state index < -0.39 is 11.0 Å². The summed E-state index contributed by atoms with van der Waals surface area (Å²) in [6.07, 6.45) is 2.10. The number of carbonyl (C=O) groups is 2. The maximum absolute atomic E-state index is 14.5. The Balaban J connectivity index is 1.31. The highest BCUT2D eigenvalue weighted by Crippen LogP contribution is 2.41. The fourth-order valence-corrected chi connectivity index (χ4v) is 5.70. The van der Waals surface area contributed by atoms with Crippen LogP contribution in [-0.4, -0.2) is 72.1 Å². The second-order valence-electron chi connectivity index (χ2n) is 10.2. The number of rotatable bonds is 5. The Morgan fingerprint density at radius 1 is 0.971 bits per heavy atom. The Hall–Kier alpha value is -2.93. The smallest absolute Gasteiger partial charge is 0.410 e. The van der Waals surface area contributed by atoms with Gasteiger partial charge in [0, 0.05) is 19.5 Å². The standard InChI is InChI=1S/C27H32FN3O3/c1-29-14-11-26(12-15-29,17-22-9-5-6-10-23(22)28)24(32)30-16-13-27(19-30)20-31(25(33)34-27)18-21-7-3-2-4-8-21/h2-10H,11-20H2,1H3. The van der Waals surface area contributed by atoms with Crippen molar-refractivity contribution in [3.63, 3.8) is 0 Å². The zero-order valence-electron chi connectivity index (χ0n) is 19.7. The Bertz CT molecular complexity index is 1050. The van der Waals surface area contributed by atoms with Crippen LogP contribution in [0.3, 0.4) is 0 Å². The molecule has 6 nitrogen and oxygen atoms in total. The SMILES string of the molecule is CN1CCC(Cc2ccccc2F)(C(=O)N2CCC3(CN(Cc4ccccc4)C(=O)O3)C2)CC1. The minimum Gasteiger partial charge on any atom is -0.439 e. The van der Waals surface area contributed by atoms with Gasteiger partial charge in [0.15, 0.2) is 5.60 Å². The van der Waals surface area contributed by atoms with Crippen molar-refractivity contribution in [1.82, 2.24) is 14.7 Å². The third-order valence-electron chi connectivity index (χ3n) is 7.75. The molecule has 1 atom stereocenters. The Kier molecular flexibility index (Phi) is 6.06. The molecule has 2 amide bonds. The van der Waals surface area contributed by atoms with Crippen LogP contribution in [0.4, 0.5) is 9.18 Å². The lowest BCUT2D eigenvalue weighted by molar-refractivity contribution is -0.144. The van der Waals surface area contributed by atoms with Crippen molar-refractivity contribution in [3.05, 3.63) is 71.5 Å². The van der Waals surface area contributed by atoms with Gasteiger partial charge in [0.05, 0.1) is 18.5 Å². The van der Waals surface area contributed by atoms with Crippen molar-refractivity contribution < 1.29 is 18.7 Å².